The zero-order valence-corrected chi connectivity index (χ0v) is 12.5. The third kappa shape index (κ3) is 2.02. The van der Waals surface area contributed by atoms with Crippen LogP contribution in [0.3, 0.4) is 0 Å². The number of aryl methyl sites for hydroxylation is 1. The number of nitrogens with zero attached hydrogens (tertiary/aromatic N) is 3. The second-order valence-corrected chi connectivity index (χ2v) is 7.07. The van der Waals surface area contributed by atoms with Crippen molar-refractivity contribution >= 4 is 11.0 Å². The van der Waals surface area contributed by atoms with Gasteiger partial charge >= 0.3 is 0 Å². The minimum atomic E-state index is 0.0880. The smallest absolute Gasteiger partial charge is 0.117 e. The Morgan fingerprint density at radius 1 is 0.889 bits per heavy atom. The van der Waals surface area contributed by atoms with Crippen LogP contribution in [0, 0.1) is 0 Å². The van der Waals surface area contributed by atoms with E-state index in [0.29, 0.717) is 0 Å². The molecule has 3 nitrogen and oxygen atoms in total. The van der Waals surface area contributed by atoms with E-state index in [9.17, 15) is 0 Å². The molecule has 0 aliphatic heterocycles. The zero-order chi connectivity index (χ0) is 13.7. The molecule has 3 heteroatoms. The fraction of sp³-hybridized carbons (Fsp3) is 0.600. The first-order valence-corrected chi connectivity index (χ1v) is 6.46. The summed E-state index contributed by atoms with van der Waals surface area (Å²) < 4.78 is 1.89. The molecular formula is C15H23N3. The Labute approximate surface area is 109 Å². The summed E-state index contributed by atoms with van der Waals surface area (Å²) in [7, 11) is 1.97. The number of benzene rings is 1. The minimum absolute atomic E-state index is 0.0880. The van der Waals surface area contributed by atoms with Crippen molar-refractivity contribution < 1.29 is 0 Å². The Balaban J connectivity index is 2.85. The highest BCUT2D eigenvalue weighted by Gasteiger charge is 2.25. The highest BCUT2D eigenvalue weighted by Crippen LogP contribution is 2.34. The van der Waals surface area contributed by atoms with E-state index in [0.717, 1.165) is 11.0 Å². The van der Waals surface area contributed by atoms with Crippen LogP contribution in [-0.2, 0) is 17.9 Å². The first-order valence-electron chi connectivity index (χ1n) is 6.46. The van der Waals surface area contributed by atoms with Crippen molar-refractivity contribution in [3.63, 3.8) is 0 Å². The summed E-state index contributed by atoms with van der Waals surface area (Å²) in [6.07, 6.45) is 0. The fourth-order valence-corrected chi connectivity index (χ4v) is 2.38. The maximum atomic E-state index is 4.37. The highest BCUT2D eigenvalue weighted by molar-refractivity contribution is 5.83. The third-order valence-corrected chi connectivity index (χ3v) is 3.37. The molecule has 0 aliphatic rings. The topological polar surface area (TPSA) is 30.7 Å². The van der Waals surface area contributed by atoms with Gasteiger partial charge in [0, 0.05) is 7.05 Å². The SMILES string of the molecule is Cn1nnc2c(C(C)(C)C)ccc(C(C)(C)C)c21. The van der Waals surface area contributed by atoms with Gasteiger partial charge in [0.2, 0.25) is 0 Å². The summed E-state index contributed by atoms with van der Waals surface area (Å²) in [6, 6.07) is 4.43. The van der Waals surface area contributed by atoms with E-state index in [4.69, 9.17) is 0 Å². The first kappa shape index (κ1) is 13.1. The van der Waals surface area contributed by atoms with Gasteiger partial charge in [0.25, 0.3) is 0 Å². The number of aromatic nitrogens is 3. The normalized spacial score (nSPS) is 13.3. The van der Waals surface area contributed by atoms with E-state index in [2.05, 4.69) is 64.0 Å². The number of rotatable bonds is 0. The molecule has 1 aromatic heterocycles. The molecule has 0 unspecified atom stereocenters. The summed E-state index contributed by atoms with van der Waals surface area (Å²) in [4.78, 5) is 0. The van der Waals surface area contributed by atoms with E-state index in [1.165, 1.54) is 11.1 Å². The van der Waals surface area contributed by atoms with Crippen LogP contribution in [-0.4, -0.2) is 15.0 Å². The van der Waals surface area contributed by atoms with Gasteiger partial charge in [0.15, 0.2) is 0 Å². The summed E-state index contributed by atoms with van der Waals surface area (Å²) in [5, 5.41) is 8.58. The van der Waals surface area contributed by atoms with Gasteiger partial charge in [-0.3, -0.25) is 0 Å². The average Bonchev–Trinajstić information content (AvgIpc) is 2.57. The van der Waals surface area contributed by atoms with E-state index in [1.54, 1.807) is 0 Å². The van der Waals surface area contributed by atoms with Crippen LogP contribution < -0.4 is 0 Å². The molecule has 0 atom stereocenters. The Morgan fingerprint density at radius 2 is 1.39 bits per heavy atom. The van der Waals surface area contributed by atoms with Crippen molar-refractivity contribution in [2.45, 2.75) is 52.4 Å². The Morgan fingerprint density at radius 3 is 1.89 bits per heavy atom. The molecule has 0 fully saturated rings. The lowest BCUT2D eigenvalue weighted by atomic mass is 9.81. The number of fused-ring (bicyclic) bond motifs is 1. The van der Waals surface area contributed by atoms with Gasteiger partial charge in [-0.15, -0.1) is 5.10 Å². The molecule has 98 valence electrons. The Bertz CT molecular complexity index is 580. The fourth-order valence-electron chi connectivity index (χ4n) is 2.38. The molecular weight excluding hydrogens is 222 g/mol. The van der Waals surface area contributed by atoms with E-state index >= 15 is 0 Å². The van der Waals surface area contributed by atoms with Crippen molar-refractivity contribution in [2.75, 3.05) is 0 Å². The van der Waals surface area contributed by atoms with Crippen molar-refractivity contribution in [2.24, 2.45) is 7.05 Å². The predicted molar refractivity (Wildman–Crippen MR) is 75.9 cm³/mol. The van der Waals surface area contributed by atoms with E-state index < -0.39 is 0 Å². The standard InChI is InChI=1S/C15H23N3/c1-14(2,3)10-8-9-11(15(4,5)6)13-12(10)16-17-18(13)7/h8-9H,1-7H3. The Hall–Kier alpha value is -1.38. The quantitative estimate of drug-likeness (QED) is 0.710. The van der Waals surface area contributed by atoms with Crippen LogP contribution in [0.25, 0.3) is 11.0 Å². The van der Waals surface area contributed by atoms with Crippen molar-refractivity contribution in [3.8, 4) is 0 Å². The number of hydrogen-bond acceptors (Lipinski definition) is 2. The average molecular weight is 245 g/mol. The van der Waals surface area contributed by atoms with Crippen molar-refractivity contribution in [3.05, 3.63) is 23.3 Å². The van der Waals surface area contributed by atoms with Crippen LogP contribution in [0.4, 0.5) is 0 Å². The molecule has 0 aliphatic carbocycles. The van der Waals surface area contributed by atoms with Gasteiger partial charge in [-0.2, -0.15) is 0 Å². The van der Waals surface area contributed by atoms with E-state index in [-0.39, 0.29) is 10.8 Å². The van der Waals surface area contributed by atoms with Crippen molar-refractivity contribution in [1.29, 1.82) is 0 Å². The number of hydrogen-bond donors (Lipinski definition) is 0. The van der Waals surface area contributed by atoms with Gasteiger partial charge in [-0.25, -0.2) is 4.68 Å². The van der Waals surface area contributed by atoms with Crippen LogP contribution >= 0.6 is 0 Å². The molecule has 1 heterocycles. The molecule has 0 saturated carbocycles. The van der Waals surface area contributed by atoms with Crippen LogP contribution in [0.5, 0.6) is 0 Å². The molecule has 2 rings (SSSR count). The monoisotopic (exact) mass is 245 g/mol. The third-order valence-electron chi connectivity index (χ3n) is 3.37. The minimum Gasteiger partial charge on any atom is -0.247 e. The lowest BCUT2D eigenvalue weighted by molar-refractivity contribution is 0.582. The summed E-state index contributed by atoms with van der Waals surface area (Å²) in [5.41, 5.74) is 4.96. The lowest BCUT2D eigenvalue weighted by Gasteiger charge is -2.24. The van der Waals surface area contributed by atoms with Crippen molar-refractivity contribution in [1.82, 2.24) is 15.0 Å². The van der Waals surface area contributed by atoms with Crippen LogP contribution in [0.2, 0.25) is 0 Å². The highest BCUT2D eigenvalue weighted by atomic mass is 15.4. The second-order valence-electron chi connectivity index (χ2n) is 7.07. The van der Waals surface area contributed by atoms with Gasteiger partial charge in [-0.1, -0.05) is 58.9 Å². The maximum Gasteiger partial charge on any atom is 0.117 e. The second kappa shape index (κ2) is 3.81. The molecule has 0 spiro atoms. The summed E-state index contributed by atoms with van der Waals surface area (Å²) in [6.45, 7) is 13.3. The van der Waals surface area contributed by atoms with Crippen LogP contribution in [0.1, 0.15) is 52.7 Å². The molecule has 18 heavy (non-hydrogen) atoms. The molecule has 0 amide bonds. The van der Waals surface area contributed by atoms with Gasteiger partial charge in [0.1, 0.15) is 5.52 Å². The first-order chi connectivity index (χ1) is 8.12. The van der Waals surface area contributed by atoms with Crippen LogP contribution in [0.15, 0.2) is 12.1 Å². The van der Waals surface area contributed by atoms with E-state index in [1.807, 2.05) is 11.7 Å². The molecule has 0 radical (unpaired) electrons. The lowest BCUT2D eigenvalue weighted by Crippen LogP contribution is -2.16. The molecule has 2 aromatic rings. The molecule has 0 saturated heterocycles. The predicted octanol–water partition coefficient (Wildman–Crippen LogP) is 3.56. The van der Waals surface area contributed by atoms with Gasteiger partial charge < -0.3 is 0 Å². The molecule has 1 aromatic carbocycles. The summed E-state index contributed by atoms with van der Waals surface area (Å²) >= 11 is 0. The van der Waals surface area contributed by atoms with Gasteiger partial charge in [-0.05, 0) is 22.0 Å². The Kier molecular flexibility index (Phi) is 2.76. The zero-order valence-electron chi connectivity index (χ0n) is 12.5. The summed E-state index contributed by atoms with van der Waals surface area (Å²) in [5.74, 6) is 0. The largest absolute Gasteiger partial charge is 0.247 e. The maximum absolute atomic E-state index is 4.37. The molecule has 0 N–H and O–H groups in total. The molecule has 0 bridgehead atoms. The van der Waals surface area contributed by atoms with Gasteiger partial charge in [0.05, 0.1) is 5.52 Å².